The van der Waals surface area contributed by atoms with E-state index in [1.165, 1.54) is 26.2 Å². The van der Waals surface area contributed by atoms with Gasteiger partial charge in [-0.05, 0) is 98.3 Å². The molecule has 502 valence electrons. The smallest absolute Gasteiger partial charge is 0.410 e. The van der Waals surface area contributed by atoms with Crippen LogP contribution in [0.2, 0.25) is 0 Å². The van der Waals surface area contributed by atoms with Crippen molar-refractivity contribution in [3.63, 3.8) is 0 Å². The van der Waals surface area contributed by atoms with Crippen LogP contribution in [-0.4, -0.2) is 174 Å². The molecule has 4 rings (SSSR count). The van der Waals surface area contributed by atoms with Crippen molar-refractivity contribution in [1.82, 2.24) is 30.7 Å². The van der Waals surface area contributed by atoms with Crippen LogP contribution in [-0.2, 0) is 54.4 Å². The number of aliphatic hydroxyl groups is 2. The average Bonchev–Trinajstić information content (AvgIpc) is 3.18. The number of hydrogen-bond acceptors (Lipinski definition) is 15. The van der Waals surface area contributed by atoms with Crippen molar-refractivity contribution in [2.24, 2.45) is 45.7 Å². The molecule has 1 fully saturated rings. The number of Topliss-reactive ketones (excluding diaryl/α,β-unsaturated/α-hetero) is 1. The van der Waals surface area contributed by atoms with E-state index in [2.05, 4.69) is 26.3 Å². The second-order valence-corrected chi connectivity index (χ2v) is 26.6. The van der Waals surface area contributed by atoms with Gasteiger partial charge in [-0.15, -0.1) is 0 Å². The Morgan fingerprint density at radius 2 is 1.44 bits per heavy atom. The quantitative estimate of drug-likeness (QED) is 0.0265. The molecular formula is C68H107N9O13. The van der Waals surface area contributed by atoms with Gasteiger partial charge in [0.05, 0.1) is 60.4 Å². The summed E-state index contributed by atoms with van der Waals surface area (Å²) in [6.07, 6.45) is 0.719. The molecule has 1 aliphatic carbocycles. The lowest BCUT2D eigenvalue weighted by Gasteiger charge is -2.41. The van der Waals surface area contributed by atoms with Crippen molar-refractivity contribution in [3.8, 4) is 0 Å². The van der Waals surface area contributed by atoms with Gasteiger partial charge in [0.1, 0.15) is 30.5 Å². The van der Waals surface area contributed by atoms with Crippen LogP contribution in [0.15, 0.2) is 70.9 Å². The second-order valence-electron chi connectivity index (χ2n) is 26.6. The summed E-state index contributed by atoms with van der Waals surface area (Å²) in [5, 5.41) is 33.1. The molecule has 0 saturated carbocycles. The third-order valence-electron chi connectivity index (χ3n) is 17.8. The predicted octanol–water partition coefficient (Wildman–Crippen LogP) is 7.82. The number of methoxy groups -OCH3 is 2. The summed E-state index contributed by atoms with van der Waals surface area (Å²) in [5.41, 5.74) is 8.22. The highest BCUT2D eigenvalue weighted by Gasteiger charge is 2.44. The molecule has 0 radical (unpaired) electrons. The number of allylic oxidation sites excluding steroid dienone is 2. The van der Waals surface area contributed by atoms with Gasteiger partial charge in [0.25, 0.3) is 0 Å². The molecular weight excluding hydrogens is 1150 g/mol. The molecule has 0 aromatic heterocycles. The van der Waals surface area contributed by atoms with Crippen molar-refractivity contribution in [3.05, 3.63) is 77.1 Å². The van der Waals surface area contributed by atoms with Crippen LogP contribution in [0.5, 0.6) is 0 Å². The third-order valence-corrected chi connectivity index (χ3v) is 17.8. The first kappa shape index (κ1) is 75.7. The average molecular weight is 1260 g/mol. The first-order valence-electron chi connectivity index (χ1n) is 32.1. The van der Waals surface area contributed by atoms with Crippen LogP contribution >= 0.6 is 0 Å². The number of carbonyl (C=O) groups is 8. The zero-order chi connectivity index (χ0) is 67.5. The number of benzene rings is 2. The molecule has 22 nitrogen and oxygen atoms in total. The van der Waals surface area contributed by atoms with Gasteiger partial charge in [-0.1, -0.05) is 125 Å². The minimum Gasteiger partial charge on any atom is -0.511 e. The van der Waals surface area contributed by atoms with Gasteiger partial charge in [-0.25, -0.2) is 4.79 Å². The van der Waals surface area contributed by atoms with E-state index in [1.54, 1.807) is 87.9 Å². The Bertz CT molecular complexity index is 2790. The van der Waals surface area contributed by atoms with Crippen LogP contribution in [0.4, 0.5) is 10.5 Å². The maximum absolute atomic E-state index is 14.8. The normalized spacial score (nSPS) is 19.0. The third kappa shape index (κ3) is 20.9. The summed E-state index contributed by atoms with van der Waals surface area (Å²) in [6.45, 7) is 24.5. The molecule has 1 heterocycles. The molecule has 2 aliphatic rings. The Morgan fingerprint density at radius 1 is 0.800 bits per heavy atom. The Hall–Kier alpha value is -6.75. The van der Waals surface area contributed by atoms with E-state index in [0.29, 0.717) is 80.6 Å². The van der Waals surface area contributed by atoms with Crippen molar-refractivity contribution in [2.45, 2.75) is 215 Å². The number of unbranched alkanes of at least 4 members (excludes halogenated alkanes) is 1. The Kier molecular flexibility index (Phi) is 29.6. The molecule has 2 aromatic rings. The second kappa shape index (κ2) is 35.2. The van der Waals surface area contributed by atoms with Gasteiger partial charge in [0.15, 0.2) is 5.78 Å². The van der Waals surface area contributed by atoms with E-state index in [1.807, 2.05) is 73.6 Å². The van der Waals surface area contributed by atoms with Crippen molar-refractivity contribution in [1.29, 1.82) is 0 Å². The Morgan fingerprint density at radius 3 is 2.01 bits per heavy atom. The number of hydrogen-bond donors (Lipinski definition) is 7. The van der Waals surface area contributed by atoms with Crippen LogP contribution in [0, 0.1) is 35.0 Å². The standard InChI is InChI=1S/C68H107N9O13/c1-18-42(8)59(53(88-16)35-54(80)77-34-24-28-50(77)61(89-17)43(9)62(82)71-45(11)60(81)47-25-20-19-21-26-47)75(14)66(86)57(40(4)5)74-65(85)58(41(6)7)76(15)67(87)90-38-46-29-31-48(32-30-46)72-63(83)49(73-64(84)56(69)39(2)3)27-22-23-33-70-44(10)55-51(78)36-68(12,13)37-52(55)79/h19-21,25-26,29-32,39-43,45,49-50,53,56-61,78,81H,18,22-24,27-28,33-38,69H2,1-17H3,(H,71,82)(H,72,83)(H,73,84)(H,74,85)/t42-,43+,45+,49-,50-,53+,56-,57-,58-,59-,60+,61+/m1/s1. The van der Waals surface area contributed by atoms with E-state index in [0.717, 1.165) is 0 Å². The van der Waals surface area contributed by atoms with Crippen molar-refractivity contribution < 1.29 is 62.8 Å². The lowest BCUT2D eigenvalue weighted by atomic mass is 9.76. The first-order chi connectivity index (χ1) is 42.3. The van der Waals surface area contributed by atoms with Gasteiger partial charge in [0, 0.05) is 65.6 Å². The summed E-state index contributed by atoms with van der Waals surface area (Å²) in [6, 6.07) is 10.2. The molecule has 8 N–H and O–H groups in total. The molecule has 7 amide bonds. The Balaban J connectivity index is 1.39. The predicted molar refractivity (Wildman–Crippen MR) is 348 cm³/mol. The number of nitrogens with two attached hydrogens (primary N) is 1. The highest BCUT2D eigenvalue weighted by molar-refractivity contribution is 6.22. The fraction of sp³-hybridized carbons (Fsp3) is 0.662. The van der Waals surface area contributed by atoms with Crippen LogP contribution in [0.1, 0.15) is 165 Å². The summed E-state index contributed by atoms with van der Waals surface area (Å²) in [4.78, 5) is 120. The molecule has 1 aliphatic heterocycles. The minimum absolute atomic E-state index is 0.0456. The number of aliphatic imine (C=N–C) groups is 1. The number of likely N-dealkylation sites (N-methyl/N-ethyl adjacent to an activating group) is 2. The van der Waals surface area contributed by atoms with E-state index in [9.17, 15) is 48.6 Å². The van der Waals surface area contributed by atoms with Crippen LogP contribution in [0.3, 0.4) is 0 Å². The van der Waals surface area contributed by atoms with Gasteiger partial charge in [-0.2, -0.15) is 0 Å². The van der Waals surface area contributed by atoms with Gasteiger partial charge < -0.3 is 61.2 Å². The monoisotopic (exact) mass is 1260 g/mol. The van der Waals surface area contributed by atoms with E-state index >= 15 is 0 Å². The maximum Gasteiger partial charge on any atom is 0.410 e. The number of nitrogens with zero attached hydrogens (tertiary/aromatic N) is 4. The van der Waals surface area contributed by atoms with Crippen LogP contribution < -0.4 is 27.0 Å². The molecule has 22 heteroatoms. The Labute approximate surface area is 534 Å². The van der Waals surface area contributed by atoms with Gasteiger partial charge >= 0.3 is 6.09 Å². The number of likely N-dealkylation sites (tertiary alicyclic amines) is 1. The van der Waals surface area contributed by atoms with E-state index in [4.69, 9.17) is 19.9 Å². The van der Waals surface area contributed by atoms with Gasteiger partial charge in [-0.3, -0.25) is 43.5 Å². The lowest BCUT2D eigenvalue weighted by molar-refractivity contribution is -0.148. The highest BCUT2D eigenvalue weighted by atomic mass is 16.6. The van der Waals surface area contributed by atoms with E-state index < -0.39 is 108 Å². The van der Waals surface area contributed by atoms with E-state index in [-0.39, 0.29) is 65.6 Å². The molecule has 0 unspecified atom stereocenters. The highest BCUT2D eigenvalue weighted by Crippen LogP contribution is 2.36. The van der Waals surface area contributed by atoms with Crippen molar-refractivity contribution in [2.75, 3.05) is 46.7 Å². The summed E-state index contributed by atoms with van der Waals surface area (Å²) in [5.74, 6) is -4.38. The lowest BCUT2D eigenvalue weighted by Crippen LogP contribution is -2.60. The number of ether oxygens (including phenoxy) is 3. The molecule has 2 aromatic carbocycles. The van der Waals surface area contributed by atoms with Gasteiger partial charge in [0.2, 0.25) is 35.4 Å². The topological polar surface area (TPSA) is 301 Å². The molecule has 12 atom stereocenters. The van der Waals surface area contributed by atoms with Crippen molar-refractivity contribution >= 4 is 58.7 Å². The fourth-order valence-electron chi connectivity index (χ4n) is 12.2. The number of amides is 7. The zero-order valence-corrected chi connectivity index (χ0v) is 56.6. The molecule has 1 saturated heterocycles. The maximum atomic E-state index is 14.8. The largest absolute Gasteiger partial charge is 0.511 e. The summed E-state index contributed by atoms with van der Waals surface area (Å²) in [7, 11) is 6.14. The number of aliphatic hydroxyl groups excluding tert-OH is 2. The summed E-state index contributed by atoms with van der Waals surface area (Å²) < 4.78 is 17.8. The number of ketones is 1. The first-order valence-corrected chi connectivity index (χ1v) is 32.1. The fourth-order valence-corrected chi connectivity index (χ4v) is 12.2. The number of rotatable bonds is 33. The molecule has 90 heavy (non-hydrogen) atoms. The van der Waals surface area contributed by atoms with Crippen LogP contribution in [0.25, 0.3) is 0 Å². The number of anilines is 1. The number of carbonyl (C=O) groups excluding carboxylic acids is 8. The molecule has 0 spiro atoms. The minimum atomic E-state index is -1.06. The zero-order valence-electron chi connectivity index (χ0n) is 56.6. The molecule has 0 bridgehead atoms. The summed E-state index contributed by atoms with van der Waals surface area (Å²) >= 11 is 0. The SMILES string of the molecule is CC[C@@H](C)[C@H]([C@H](CC(=O)N1CCC[C@@H]1[C@@H](OC)[C@H](C)C(=O)N[C@@H](C)[C@H](O)c1ccccc1)OC)N(C)C(=O)[C@H](NC(=O)[C@@H](C(C)C)N(C)C(=O)OCc1ccc(NC(=O)[C@@H](CCCCN=C(C)C2=C(O)CC(C)(C)CC2=O)NC(=O)[C@H](N)C(C)C)cc1)C(C)C. The number of nitrogens with one attached hydrogen (secondary N) is 4.